The molecule has 2 aliphatic rings. The molecule has 0 saturated heterocycles. The van der Waals surface area contributed by atoms with Gasteiger partial charge in [0.2, 0.25) is 0 Å². The number of alkyl halides is 1. The SMILES string of the molecule is CCC1[C@]2(I)CCC(=O)[C@](C)(CCC(=O)OCc3ccccc3C)C2C(=O)C[C@]1(C)C(C)=O. The Hall–Kier alpha value is -1.57. The Kier molecular flexibility index (Phi) is 7.57. The van der Waals surface area contributed by atoms with Crippen molar-refractivity contribution in [3.8, 4) is 0 Å². The van der Waals surface area contributed by atoms with Gasteiger partial charge in [0.1, 0.15) is 24.0 Å². The lowest BCUT2D eigenvalue weighted by atomic mass is 9.47. The molecule has 1 aromatic rings. The molecule has 0 aromatic heterocycles. The summed E-state index contributed by atoms with van der Waals surface area (Å²) in [5.74, 6) is -0.785. The molecule has 2 unspecified atom stereocenters. The fourth-order valence-electron chi connectivity index (χ4n) is 6.35. The maximum absolute atomic E-state index is 13.5. The Morgan fingerprint density at radius 1 is 1.18 bits per heavy atom. The maximum Gasteiger partial charge on any atom is 0.306 e. The summed E-state index contributed by atoms with van der Waals surface area (Å²) in [6.45, 7) is 9.57. The summed E-state index contributed by atoms with van der Waals surface area (Å²) >= 11 is 2.38. The van der Waals surface area contributed by atoms with Crippen LogP contribution in [-0.2, 0) is 30.5 Å². The van der Waals surface area contributed by atoms with E-state index in [4.69, 9.17) is 4.74 Å². The van der Waals surface area contributed by atoms with Crippen LogP contribution in [-0.4, -0.2) is 26.7 Å². The Balaban J connectivity index is 1.80. The van der Waals surface area contributed by atoms with Crippen LogP contribution in [0.3, 0.4) is 0 Å². The zero-order chi connectivity index (χ0) is 24.6. The van der Waals surface area contributed by atoms with Gasteiger partial charge in [0.25, 0.3) is 0 Å². The molecular formula is C27H35IO5. The molecule has 0 radical (unpaired) electrons. The van der Waals surface area contributed by atoms with Gasteiger partial charge in [-0.05, 0) is 43.7 Å². The fourth-order valence-corrected chi connectivity index (χ4v) is 8.78. The fraction of sp³-hybridized carbons (Fsp3) is 0.630. The van der Waals surface area contributed by atoms with E-state index in [1.165, 1.54) is 0 Å². The van der Waals surface area contributed by atoms with E-state index in [1.54, 1.807) is 6.92 Å². The van der Waals surface area contributed by atoms with Gasteiger partial charge in [0, 0.05) is 39.4 Å². The van der Waals surface area contributed by atoms with Crippen molar-refractivity contribution in [2.24, 2.45) is 22.7 Å². The van der Waals surface area contributed by atoms with Crippen molar-refractivity contribution in [2.45, 2.75) is 83.2 Å². The van der Waals surface area contributed by atoms with E-state index in [2.05, 4.69) is 29.5 Å². The summed E-state index contributed by atoms with van der Waals surface area (Å²) in [7, 11) is 0. The van der Waals surface area contributed by atoms with Gasteiger partial charge in [-0.2, -0.15) is 0 Å². The third-order valence-corrected chi connectivity index (χ3v) is 10.3. The topological polar surface area (TPSA) is 77.5 Å². The number of ether oxygens (including phenoxy) is 1. The second-order valence-electron chi connectivity index (χ2n) is 10.4. The van der Waals surface area contributed by atoms with Gasteiger partial charge in [0.05, 0.1) is 0 Å². The van der Waals surface area contributed by atoms with Crippen LogP contribution in [0.2, 0.25) is 0 Å². The summed E-state index contributed by atoms with van der Waals surface area (Å²) in [4.78, 5) is 52.0. The van der Waals surface area contributed by atoms with Crippen molar-refractivity contribution < 1.29 is 23.9 Å². The third kappa shape index (κ3) is 4.56. The number of aryl methyl sites for hydroxylation is 1. The lowest BCUT2D eigenvalue weighted by Gasteiger charge is -2.59. The summed E-state index contributed by atoms with van der Waals surface area (Å²) < 4.78 is 5.02. The third-order valence-electron chi connectivity index (χ3n) is 8.41. The number of rotatable bonds is 7. The minimum Gasteiger partial charge on any atom is -0.461 e. The molecule has 0 aliphatic heterocycles. The summed E-state index contributed by atoms with van der Waals surface area (Å²) in [5, 5.41) is 0. The van der Waals surface area contributed by atoms with Crippen LogP contribution >= 0.6 is 22.6 Å². The van der Waals surface area contributed by atoms with Crippen molar-refractivity contribution in [1.82, 2.24) is 0 Å². The number of carbonyl (C=O) groups excluding carboxylic acids is 4. The molecule has 0 heterocycles. The summed E-state index contributed by atoms with van der Waals surface area (Å²) in [6, 6.07) is 7.75. The van der Waals surface area contributed by atoms with Gasteiger partial charge in [-0.25, -0.2) is 0 Å². The van der Waals surface area contributed by atoms with Crippen molar-refractivity contribution in [2.75, 3.05) is 0 Å². The molecular weight excluding hydrogens is 531 g/mol. The molecule has 180 valence electrons. The minimum atomic E-state index is -0.927. The van der Waals surface area contributed by atoms with Gasteiger partial charge in [0.15, 0.2) is 0 Å². The first-order valence-electron chi connectivity index (χ1n) is 11.9. The molecule has 0 N–H and O–H groups in total. The van der Waals surface area contributed by atoms with Crippen molar-refractivity contribution in [1.29, 1.82) is 0 Å². The first kappa shape index (κ1) is 26.0. The summed E-state index contributed by atoms with van der Waals surface area (Å²) in [6.07, 6.45) is 2.27. The van der Waals surface area contributed by atoms with Crippen LogP contribution in [0.15, 0.2) is 24.3 Å². The van der Waals surface area contributed by atoms with E-state index in [1.807, 2.05) is 45.0 Å². The number of hydrogen-bond donors (Lipinski definition) is 0. The molecule has 2 fully saturated rings. The molecule has 0 amide bonds. The van der Waals surface area contributed by atoms with Gasteiger partial charge in [-0.15, -0.1) is 0 Å². The predicted octanol–water partition coefficient (Wildman–Crippen LogP) is 5.57. The molecule has 2 aliphatic carbocycles. The van der Waals surface area contributed by atoms with Crippen LogP contribution in [0, 0.1) is 29.6 Å². The largest absolute Gasteiger partial charge is 0.461 e. The molecule has 2 saturated carbocycles. The maximum atomic E-state index is 13.5. The van der Waals surface area contributed by atoms with Gasteiger partial charge >= 0.3 is 5.97 Å². The Morgan fingerprint density at radius 3 is 2.45 bits per heavy atom. The Morgan fingerprint density at radius 2 is 1.85 bits per heavy atom. The van der Waals surface area contributed by atoms with Crippen LogP contribution in [0.4, 0.5) is 0 Å². The number of benzene rings is 1. The zero-order valence-electron chi connectivity index (χ0n) is 20.3. The molecule has 1 aromatic carbocycles. The van der Waals surface area contributed by atoms with E-state index >= 15 is 0 Å². The Labute approximate surface area is 210 Å². The number of carbonyl (C=O) groups is 4. The predicted molar refractivity (Wildman–Crippen MR) is 135 cm³/mol. The average Bonchev–Trinajstić information content (AvgIpc) is 2.74. The molecule has 6 heteroatoms. The highest BCUT2D eigenvalue weighted by Crippen LogP contribution is 2.63. The van der Waals surface area contributed by atoms with Crippen molar-refractivity contribution in [3.05, 3.63) is 35.4 Å². The normalized spacial score (nSPS) is 34.0. The minimum absolute atomic E-state index is 0.00577. The second kappa shape index (κ2) is 9.59. The van der Waals surface area contributed by atoms with E-state index < -0.39 is 20.2 Å². The molecule has 33 heavy (non-hydrogen) atoms. The first-order chi connectivity index (χ1) is 15.4. The molecule has 5 nitrogen and oxygen atoms in total. The number of esters is 1. The Bertz CT molecular complexity index is 971. The van der Waals surface area contributed by atoms with Gasteiger partial charge < -0.3 is 4.74 Å². The average molecular weight is 566 g/mol. The van der Waals surface area contributed by atoms with Crippen molar-refractivity contribution in [3.63, 3.8) is 0 Å². The van der Waals surface area contributed by atoms with Crippen LogP contribution in [0.1, 0.15) is 77.3 Å². The first-order valence-corrected chi connectivity index (χ1v) is 12.9. The highest BCUT2D eigenvalue weighted by molar-refractivity contribution is 14.1. The number of ketones is 3. The number of Topliss-reactive ketones (excluding diaryl/α,β-unsaturated/α-hetero) is 3. The molecule has 0 spiro atoms. The smallest absolute Gasteiger partial charge is 0.306 e. The van der Waals surface area contributed by atoms with Crippen LogP contribution in [0.5, 0.6) is 0 Å². The van der Waals surface area contributed by atoms with Gasteiger partial charge in [-0.3, -0.25) is 19.2 Å². The summed E-state index contributed by atoms with van der Waals surface area (Å²) in [5.41, 5.74) is 0.372. The quantitative estimate of drug-likeness (QED) is 0.245. The monoisotopic (exact) mass is 566 g/mol. The molecule has 5 atom stereocenters. The highest BCUT2D eigenvalue weighted by atomic mass is 127. The number of hydrogen-bond acceptors (Lipinski definition) is 5. The van der Waals surface area contributed by atoms with E-state index in [0.717, 1.165) is 17.5 Å². The molecule has 0 bridgehead atoms. The van der Waals surface area contributed by atoms with E-state index in [9.17, 15) is 19.2 Å². The van der Waals surface area contributed by atoms with Gasteiger partial charge in [-0.1, -0.05) is 74.0 Å². The standard InChI is InChI=1S/C27H35IO5/c1-6-21-26(5,18(3)29)15-20(30)24-25(4,22(31)11-14-27(21,24)28)13-12-23(32)33-16-19-10-8-7-9-17(19)2/h7-10,21,24H,6,11-16H2,1-5H3/t21?,24?,25-,26+,27+/m0/s1. The van der Waals surface area contributed by atoms with E-state index in [0.29, 0.717) is 12.8 Å². The van der Waals surface area contributed by atoms with Crippen LogP contribution < -0.4 is 0 Å². The lowest BCUT2D eigenvalue weighted by molar-refractivity contribution is -0.159. The number of fused-ring (bicyclic) bond motifs is 1. The van der Waals surface area contributed by atoms with E-state index in [-0.39, 0.29) is 55.1 Å². The van der Waals surface area contributed by atoms with Crippen LogP contribution in [0.25, 0.3) is 0 Å². The molecule has 3 rings (SSSR count). The highest BCUT2D eigenvalue weighted by Gasteiger charge is 2.66. The lowest BCUT2D eigenvalue weighted by Crippen LogP contribution is -2.65. The van der Waals surface area contributed by atoms with Crippen molar-refractivity contribution >= 4 is 45.9 Å². The number of halogens is 1. The second-order valence-corrected chi connectivity index (χ2v) is 12.4. The zero-order valence-corrected chi connectivity index (χ0v) is 22.5.